The minimum absolute atomic E-state index is 0.0161. The minimum atomic E-state index is -0.0161. The van der Waals surface area contributed by atoms with E-state index in [4.69, 9.17) is 14.2 Å². The van der Waals surface area contributed by atoms with Crippen LogP contribution in [0.5, 0.6) is 17.2 Å². The Morgan fingerprint density at radius 3 is 2.12 bits per heavy atom. The lowest BCUT2D eigenvalue weighted by Gasteiger charge is -2.19. The molecule has 0 aliphatic carbocycles. The van der Waals surface area contributed by atoms with Gasteiger partial charge in [-0.05, 0) is 5.56 Å². The molecule has 0 bridgehead atoms. The Morgan fingerprint density at radius 1 is 1.00 bits per heavy atom. The number of carbonyl (C=O) groups is 1. The van der Waals surface area contributed by atoms with Crippen molar-refractivity contribution in [1.29, 1.82) is 0 Å². The molecule has 0 fully saturated rings. The first-order chi connectivity index (χ1) is 12.1. The molecule has 0 aliphatic rings. The fourth-order valence-electron chi connectivity index (χ4n) is 2.44. The van der Waals surface area contributed by atoms with Crippen molar-refractivity contribution in [3.8, 4) is 17.2 Å². The third kappa shape index (κ3) is 4.79. The Morgan fingerprint density at radius 2 is 1.60 bits per heavy atom. The summed E-state index contributed by atoms with van der Waals surface area (Å²) in [7, 11) is 6.45. The van der Waals surface area contributed by atoms with Crippen molar-refractivity contribution in [2.24, 2.45) is 0 Å². The molecule has 1 amide bonds. The predicted octanol–water partition coefficient (Wildman–Crippen LogP) is 2.78. The Balaban J connectivity index is 2.01. The van der Waals surface area contributed by atoms with Crippen LogP contribution >= 0.6 is 0 Å². The predicted molar refractivity (Wildman–Crippen MR) is 97.5 cm³/mol. The first-order valence-electron chi connectivity index (χ1n) is 7.90. The van der Waals surface area contributed by atoms with Gasteiger partial charge in [0.15, 0.2) is 11.5 Å². The highest BCUT2D eigenvalue weighted by Crippen LogP contribution is 2.39. The molecule has 134 valence electrons. The number of benzene rings is 2. The summed E-state index contributed by atoms with van der Waals surface area (Å²) >= 11 is 0. The van der Waals surface area contributed by atoms with Gasteiger partial charge in [0.2, 0.25) is 11.7 Å². The lowest BCUT2D eigenvalue weighted by atomic mass is 10.2. The average molecular weight is 344 g/mol. The average Bonchev–Trinajstić information content (AvgIpc) is 2.65. The summed E-state index contributed by atoms with van der Waals surface area (Å²) in [5.41, 5.74) is 1.81. The maximum atomic E-state index is 12.3. The van der Waals surface area contributed by atoms with E-state index in [0.29, 0.717) is 23.8 Å². The number of anilines is 1. The fraction of sp³-hybridized carbons (Fsp3) is 0.316. The van der Waals surface area contributed by atoms with Crippen molar-refractivity contribution < 1.29 is 19.0 Å². The molecule has 2 aromatic rings. The highest BCUT2D eigenvalue weighted by molar-refractivity contribution is 5.81. The first-order valence-corrected chi connectivity index (χ1v) is 7.90. The molecule has 0 unspecified atom stereocenters. The quantitative estimate of drug-likeness (QED) is 0.798. The number of amides is 1. The van der Waals surface area contributed by atoms with E-state index in [1.54, 1.807) is 45.4 Å². The highest BCUT2D eigenvalue weighted by atomic mass is 16.5. The van der Waals surface area contributed by atoms with Gasteiger partial charge in [-0.3, -0.25) is 4.79 Å². The van der Waals surface area contributed by atoms with Gasteiger partial charge in [-0.1, -0.05) is 30.3 Å². The van der Waals surface area contributed by atoms with Gasteiger partial charge in [0, 0.05) is 31.4 Å². The van der Waals surface area contributed by atoms with Gasteiger partial charge in [-0.2, -0.15) is 0 Å². The number of hydrogen-bond acceptors (Lipinski definition) is 5. The molecular formula is C19H24N2O4. The number of likely N-dealkylation sites (N-methyl/N-ethyl adjacent to an activating group) is 1. The molecule has 0 aliphatic heterocycles. The molecular weight excluding hydrogens is 320 g/mol. The van der Waals surface area contributed by atoms with E-state index >= 15 is 0 Å². The van der Waals surface area contributed by atoms with Gasteiger partial charge < -0.3 is 24.4 Å². The normalized spacial score (nSPS) is 10.1. The van der Waals surface area contributed by atoms with E-state index < -0.39 is 0 Å². The molecule has 0 heterocycles. The maximum Gasteiger partial charge on any atom is 0.241 e. The summed E-state index contributed by atoms with van der Waals surface area (Å²) in [6, 6.07) is 13.4. The molecule has 0 saturated carbocycles. The smallest absolute Gasteiger partial charge is 0.241 e. The van der Waals surface area contributed by atoms with Gasteiger partial charge >= 0.3 is 0 Å². The van der Waals surface area contributed by atoms with Crippen LogP contribution in [0.15, 0.2) is 42.5 Å². The third-order valence-corrected chi connectivity index (χ3v) is 3.80. The molecule has 0 radical (unpaired) electrons. The summed E-state index contributed by atoms with van der Waals surface area (Å²) in [6.07, 6.45) is 0. The maximum absolute atomic E-state index is 12.3. The number of ether oxygens (including phenoxy) is 3. The zero-order valence-corrected chi connectivity index (χ0v) is 15.0. The molecule has 0 spiro atoms. The summed E-state index contributed by atoms with van der Waals surface area (Å²) < 4.78 is 15.9. The second kappa shape index (κ2) is 8.82. The Bertz CT molecular complexity index is 679. The van der Waals surface area contributed by atoms with Gasteiger partial charge in [-0.25, -0.2) is 0 Å². The van der Waals surface area contributed by atoms with Crippen LogP contribution in [0.3, 0.4) is 0 Å². The molecule has 6 nitrogen and oxygen atoms in total. The lowest BCUT2D eigenvalue weighted by molar-refractivity contribution is -0.128. The largest absolute Gasteiger partial charge is 0.493 e. The fourth-order valence-corrected chi connectivity index (χ4v) is 2.44. The van der Waals surface area contributed by atoms with Crippen LogP contribution in [0.2, 0.25) is 0 Å². The van der Waals surface area contributed by atoms with Gasteiger partial charge in [0.05, 0.1) is 27.9 Å². The van der Waals surface area contributed by atoms with Crippen LogP contribution in [-0.2, 0) is 11.3 Å². The summed E-state index contributed by atoms with van der Waals surface area (Å²) in [6.45, 7) is 0.735. The molecule has 2 aromatic carbocycles. The number of nitrogens with one attached hydrogen (secondary N) is 1. The number of rotatable bonds is 8. The third-order valence-electron chi connectivity index (χ3n) is 3.80. The molecule has 0 saturated heterocycles. The van der Waals surface area contributed by atoms with E-state index in [-0.39, 0.29) is 12.5 Å². The summed E-state index contributed by atoms with van der Waals surface area (Å²) in [4.78, 5) is 14.0. The molecule has 1 N–H and O–H groups in total. The summed E-state index contributed by atoms with van der Waals surface area (Å²) in [5, 5.41) is 3.11. The van der Waals surface area contributed by atoms with Gasteiger partial charge in [-0.15, -0.1) is 0 Å². The standard InChI is InChI=1S/C19H24N2O4/c1-21(13-14-8-6-5-7-9-14)18(22)12-20-15-10-16(23-2)19(25-4)17(11-15)24-3/h5-11,20H,12-13H2,1-4H3. The minimum Gasteiger partial charge on any atom is -0.493 e. The van der Waals surface area contributed by atoms with Crippen molar-refractivity contribution in [3.63, 3.8) is 0 Å². The topological polar surface area (TPSA) is 60.0 Å². The molecule has 0 aromatic heterocycles. The summed E-state index contributed by atoms with van der Waals surface area (Å²) in [5.74, 6) is 1.57. The van der Waals surface area contributed by atoms with Crippen LogP contribution in [0.4, 0.5) is 5.69 Å². The molecule has 25 heavy (non-hydrogen) atoms. The Kier molecular flexibility index (Phi) is 6.51. The van der Waals surface area contributed by atoms with Gasteiger partial charge in [0.1, 0.15) is 0 Å². The Hall–Kier alpha value is -2.89. The molecule has 2 rings (SSSR count). The number of carbonyl (C=O) groups excluding carboxylic acids is 1. The van der Waals surface area contributed by atoms with Crippen LogP contribution in [0.25, 0.3) is 0 Å². The van der Waals surface area contributed by atoms with Gasteiger partial charge in [0.25, 0.3) is 0 Å². The van der Waals surface area contributed by atoms with Crippen LogP contribution in [0.1, 0.15) is 5.56 Å². The highest BCUT2D eigenvalue weighted by Gasteiger charge is 2.14. The molecule has 6 heteroatoms. The van der Waals surface area contributed by atoms with Crippen molar-refractivity contribution >= 4 is 11.6 Å². The second-order valence-electron chi connectivity index (χ2n) is 5.50. The van der Waals surface area contributed by atoms with Crippen molar-refractivity contribution in [3.05, 3.63) is 48.0 Å². The van der Waals surface area contributed by atoms with Crippen LogP contribution in [-0.4, -0.2) is 45.7 Å². The first kappa shape index (κ1) is 18.4. The van der Waals surface area contributed by atoms with E-state index in [0.717, 1.165) is 11.3 Å². The van der Waals surface area contributed by atoms with Crippen molar-refractivity contribution in [1.82, 2.24) is 4.90 Å². The SMILES string of the molecule is COc1cc(NCC(=O)N(C)Cc2ccccc2)cc(OC)c1OC. The van der Waals surface area contributed by atoms with E-state index in [2.05, 4.69) is 5.32 Å². The second-order valence-corrected chi connectivity index (χ2v) is 5.50. The molecule has 0 atom stereocenters. The van der Waals surface area contributed by atoms with Crippen molar-refractivity contribution in [2.45, 2.75) is 6.54 Å². The monoisotopic (exact) mass is 344 g/mol. The number of hydrogen-bond donors (Lipinski definition) is 1. The van der Waals surface area contributed by atoms with Crippen LogP contribution < -0.4 is 19.5 Å². The number of nitrogens with zero attached hydrogens (tertiary/aromatic N) is 1. The van der Waals surface area contributed by atoms with Crippen LogP contribution in [0, 0.1) is 0 Å². The zero-order valence-electron chi connectivity index (χ0n) is 15.0. The van der Waals surface area contributed by atoms with E-state index in [1.807, 2.05) is 30.3 Å². The Labute approximate surface area is 148 Å². The van der Waals surface area contributed by atoms with E-state index in [9.17, 15) is 4.79 Å². The van der Waals surface area contributed by atoms with Crippen molar-refractivity contribution in [2.75, 3.05) is 40.2 Å². The number of methoxy groups -OCH3 is 3. The lowest BCUT2D eigenvalue weighted by Crippen LogP contribution is -2.31. The zero-order chi connectivity index (χ0) is 18.2. The van der Waals surface area contributed by atoms with E-state index in [1.165, 1.54) is 0 Å².